The van der Waals surface area contributed by atoms with Crippen LogP contribution in [0.1, 0.15) is 27.8 Å². The summed E-state index contributed by atoms with van der Waals surface area (Å²) in [7, 11) is 0. The van der Waals surface area contributed by atoms with Gasteiger partial charge in [0.05, 0.1) is 11.0 Å². The Morgan fingerprint density at radius 3 is 1.67 bits per heavy atom. The molecule has 0 fully saturated rings. The monoisotopic (exact) mass is 496 g/mol. The van der Waals surface area contributed by atoms with Crippen molar-refractivity contribution >= 4 is 11.8 Å². The molecule has 0 aromatic heterocycles. The van der Waals surface area contributed by atoms with Crippen LogP contribution in [0.2, 0.25) is 0 Å². The third-order valence-electron chi connectivity index (χ3n) is 8.20. The molecule has 1 spiro atoms. The molecule has 0 saturated carbocycles. The molecule has 182 valence electrons. The maximum Gasteiger partial charge on any atom is 0.101 e. The van der Waals surface area contributed by atoms with Crippen LogP contribution in [0.25, 0.3) is 39.0 Å². The van der Waals surface area contributed by atoms with E-state index >= 15 is 0 Å². The number of hydrogen-bond donors (Lipinski definition) is 1. The first kappa shape index (κ1) is 22.9. The number of hydrogen-bond acceptors (Lipinski definition) is 2. The van der Waals surface area contributed by atoms with Crippen LogP contribution in [0.4, 0.5) is 0 Å². The summed E-state index contributed by atoms with van der Waals surface area (Å²) >= 11 is 0. The van der Waals surface area contributed by atoms with E-state index in [1.807, 2.05) is 18.2 Å². The number of nitriles is 1. The van der Waals surface area contributed by atoms with E-state index in [0.29, 0.717) is 5.57 Å². The molecule has 0 bridgehead atoms. The molecule has 0 radical (unpaired) electrons. The van der Waals surface area contributed by atoms with Crippen LogP contribution in [0, 0.1) is 16.7 Å². The van der Waals surface area contributed by atoms with E-state index in [0.717, 1.165) is 22.9 Å². The SMILES string of the molecule is C=C(/C=C(/C#N)C=N)c1ccc(-c2ccc3c(c2)-c2ccccc2C32c3ccccc3-c3ccccc32)cc1. The number of benzene rings is 5. The van der Waals surface area contributed by atoms with Gasteiger partial charge < -0.3 is 5.41 Å². The van der Waals surface area contributed by atoms with Crippen molar-refractivity contribution < 1.29 is 0 Å². The molecule has 5 aromatic carbocycles. The summed E-state index contributed by atoms with van der Waals surface area (Å²) in [4.78, 5) is 0. The Hall–Kier alpha value is -5.26. The normalized spacial score (nSPS) is 13.7. The molecule has 0 amide bonds. The molecule has 2 heteroatoms. The number of nitrogens with zero attached hydrogens (tertiary/aromatic N) is 1. The van der Waals surface area contributed by atoms with Gasteiger partial charge in [0.25, 0.3) is 0 Å². The van der Waals surface area contributed by atoms with Gasteiger partial charge >= 0.3 is 0 Å². The van der Waals surface area contributed by atoms with Gasteiger partial charge in [0.1, 0.15) is 6.07 Å². The van der Waals surface area contributed by atoms with Crippen molar-refractivity contribution in [3.8, 4) is 39.4 Å². The molecule has 0 saturated heterocycles. The zero-order valence-electron chi connectivity index (χ0n) is 21.3. The lowest BCUT2D eigenvalue weighted by atomic mass is 9.70. The summed E-state index contributed by atoms with van der Waals surface area (Å²) in [6.45, 7) is 4.08. The average molecular weight is 497 g/mol. The van der Waals surface area contributed by atoms with Crippen LogP contribution < -0.4 is 0 Å². The first-order valence-electron chi connectivity index (χ1n) is 13.0. The van der Waals surface area contributed by atoms with Gasteiger partial charge in [-0.3, -0.25) is 0 Å². The van der Waals surface area contributed by atoms with E-state index in [-0.39, 0.29) is 11.0 Å². The van der Waals surface area contributed by atoms with Crippen molar-refractivity contribution in [1.82, 2.24) is 0 Å². The van der Waals surface area contributed by atoms with Gasteiger partial charge in [0.2, 0.25) is 0 Å². The largest absolute Gasteiger partial charge is 0.307 e. The lowest BCUT2D eigenvalue weighted by molar-refractivity contribution is 0.794. The summed E-state index contributed by atoms with van der Waals surface area (Å²) in [6.07, 6.45) is 2.70. The maximum atomic E-state index is 9.14. The Morgan fingerprint density at radius 2 is 1.13 bits per heavy atom. The molecular weight excluding hydrogens is 472 g/mol. The quantitative estimate of drug-likeness (QED) is 0.148. The lowest BCUT2D eigenvalue weighted by Crippen LogP contribution is -2.25. The van der Waals surface area contributed by atoms with Gasteiger partial charge in [-0.2, -0.15) is 5.26 Å². The number of fused-ring (bicyclic) bond motifs is 10. The van der Waals surface area contributed by atoms with E-state index in [1.54, 1.807) is 6.08 Å². The molecular formula is C37H24N2. The topological polar surface area (TPSA) is 47.6 Å². The van der Waals surface area contributed by atoms with Crippen molar-refractivity contribution in [1.29, 1.82) is 10.7 Å². The second-order valence-corrected chi connectivity index (χ2v) is 10.1. The predicted octanol–water partition coefficient (Wildman–Crippen LogP) is 8.81. The second kappa shape index (κ2) is 8.65. The minimum Gasteiger partial charge on any atom is -0.307 e. The average Bonchev–Trinajstić information content (AvgIpc) is 3.47. The highest BCUT2D eigenvalue weighted by atomic mass is 14.5. The van der Waals surface area contributed by atoms with Crippen molar-refractivity contribution in [2.75, 3.05) is 0 Å². The lowest BCUT2D eigenvalue weighted by Gasteiger charge is -2.30. The standard InChI is InChI=1S/C37H24N2/c1-24(20-25(22-38)23-39)26-14-16-27(17-15-26)28-18-19-36-32(21-28)31-10-4-7-13-35(31)37(36)33-11-5-2-8-29(33)30-9-3-6-12-34(30)37/h2-22,38H,1H2/b25-20+,38-22?. The van der Waals surface area contributed by atoms with Crippen LogP contribution in [-0.2, 0) is 5.41 Å². The van der Waals surface area contributed by atoms with Crippen LogP contribution in [-0.4, -0.2) is 6.21 Å². The first-order valence-corrected chi connectivity index (χ1v) is 13.0. The summed E-state index contributed by atoms with van der Waals surface area (Å²) in [6, 6.07) is 43.7. The Balaban J connectivity index is 1.39. The molecule has 2 aliphatic carbocycles. The maximum absolute atomic E-state index is 9.14. The minimum atomic E-state index is -0.321. The Morgan fingerprint density at radius 1 is 0.641 bits per heavy atom. The van der Waals surface area contributed by atoms with Gasteiger partial charge in [-0.1, -0.05) is 116 Å². The third-order valence-corrected chi connectivity index (χ3v) is 8.20. The van der Waals surface area contributed by atoms with Gasteiger partial charge in [-0.25, -0.2) is 0 Å². The van der Waals surface area contributed by atoms with Crippen LogP contribution in [0.15, 0.2) is 133 Å². The number of nitrogens with one attached hydrogen (secondary N) is 1. The van der Waals surface area contributed by atoms with Crippen LogP contribution in [0.5, 0.6) is 0 Å². The van der Waals surface area contributed by atoms with Crippen LogP contribution in [0.3, 0.4) is 0 Å². The van der Waals surface area contributed by atoms with Gasteiger partial charge in [-0.05, 0) is 78.9 Å². The Bertz CT molecular complexity index is 1850. The van der Waals surface area contributed by atoms with Crippen LogP contribution >= 0.6 is 0 Å². The highest BCUT2D eigenvalue weighted by Gasteiger charge is 2.51. The number of rotatable bonds is 4. The summed E-state index contributed by atoms with van der Waals surface area (Å²) in [5.74, 6) is 0. The van der Waals surface area contributed by atoms with Gasteiger partial charge in [-0.15, -0.1) is 0 Å². The molecule has 5 aromatic rings. The highest BCUT2D eigenvalue weighted by molar-refractivity contribution is 5.96. The molecule has 0 heterocycles. The zero-order chi connectivity index (χ0) is 26.6. The van der Waals surface area contributed by atoms with E-state index < -0.39 is 0 Å². The molecule has 39 heavy (non-hydrogen) atoms. The minimum absolute atomic E-state index is 0.283. The van der Waals surface area contributed by atoms with Gasteiger partial charge in [0.15, 0.2) is 0 Å². The fourth-order valence-corrected chi connectivity index (χ4v) is 6.53. The van der Waals surface area contributed by atoms with E-state index in [4.69, 9.17) is 10.7 Å². The van der Waals surface area contributed by atoms with E-state index in [9.17, 15) is 0 Å². The zero-order valence-corrected chi connectivity index (χ0v) is 21.3. The molecule has 0 atom stereocenters. The fraction of sp³-hybridized carbons (Fsp3) is 0.0270. The molecule has 0 unspecified atom stereocenters. The summed E-state index contributed by atoms with van der Waals surface area (Å²) < 4.78 is 0. The Kier molecular flexibility index (Phi) is 5.08. The second-order valence-electron chi connectivity index (χ2n) is 10.1. The highest BCUT2D eigenvalue weighted by Crippen LogP contribution is 2.62. The predicted molar refractivity (Wildman–Crippen MR) is 160 cm³/mol. The molecule has 0 aliphatic heterocycles. The van der Waals surface area contributed by atoms with Crippen molar-refractivity contribution in [3.05, 3.63) is 161 Å². The Labute approximate surface area is 228 Å². The molecule has 7 rings (SSSR count). The smallest absolute Gasteiger partial charge is 0.101 e. The molecule has 1 N–H and O–H groups in total. The summed E-state index contributed by atoms with van der Waals surface area (Å²) in [5.41, 5.74) is 14.4. The summed E-state index contributed by atoms with van der Waals surface area (Å²) in [5, 5.41) is 16.5. The molecule has 2 aliphatic rings. The first-order chi connectivity index (χ1) is 19.2. The number of allylic oxidation sites excluding steroid dienone is 3. The van der Waals surface area contributed by atoms with Gasteiger partial charge in [0, 0.05) is 6.21 Å². The molecule has 2 nitrogen and oxygen atoms in total. The van der Waals surface area contributed by atoms with E-state index in [1.165, 1.54) is 44.5 Å². The van der Waals surface area contributed by atoms with Crippen molar-refractivity contribution in [2.24, 2.45) is 0 Å². The van der Waals surface area contributed by atoms with Crippen molar-refractivity contribution in [3.63, 3.8) is 0 Å². The third kappa shape index (κ3) is 3.17. The van der Waals surface area contributed by atoms with E-state index in [2.05, 4.69) is 110 Å². The fourth-order valence-electron chi connectivity index (χ4n) is 6.53. The van der Waals surface area contributed by atoms with Crippen molar-refractivity contribution in [2.45, 2.75) is 5.41 Å².